The quantitative estimate of drug-likeness (QED) is 0.765. The number of hydrogen-bond donors (Lipinski definition) is 2. The van der Waals surface area contributed by atoms with E-state index in [4.69, 9.17) is 9.47 Å². The van der Waals surface area contributed by atoms with Crippen molar-refractivity contribution in [2.75, 3.05) is 19.5 Å². The topological polar surface area (TPSA) is 93.7 Å². The van der Waals surface area contributed by atoms with Gasteiger partial charge < -0.3 is 14.8 Å². The molecule has 0 heterocycles. The van der Waals surface area contributed by atoms with Gasteiger partial charge in [-0.1, -0.05) is 12.1 Å². The number of anilines is 1. The number of nitrogens with one attached hydrogen (secondary N) is 2. The molecule has 0 aromatic heterocycles. The van der Waals surface area contributed by atoms with Crippen LogP contribution in [0.4, 0.5) is 10.1 Å². The molecule has 0 saturated carbocycles. The SMILES string of the molecule is COc1ccccc1NC(=O)C(C)NS(=O)(=O)c1cc(F)ccc1OC. The number of halogens is 1. The van der Waals surface area contributed by atoms with Gasteiger partial charge in [-0.2, -0.15) is 4.72 Å². The van der Waals surface area contributed by atoms with Crippen LogP contribution in [0.1, 0.15) is 6.92 Å². The van der Waals surface area contributed by atoms with Crippen molar-refractivity contribution in [3.63, 3.8) is 0 Å². The summed E-state index contributed by atoms with van der Waals surface area (Å²) < 4.78 is 50.7. The van der Waals surface area contributed by atoms with Crippen molar-refractivity contribution in [3.05, 3.63) is 48.3 Å². The highest BCUT2D eigenvalue weighted by molar-refractivity contribution is 7.89. The molecule has 2 aromatic carbocycles. The number of sulfonamides is 1. The summed E-state index contributed by atoms with van der Waals surface area (Å²) in [5.74, 6) is -0.940. The number of benzene rings is 2. The van der Waals surface area contributed by atoms with E-state index >= 15 is 0 Å². The van der Waals surface area contributed by atoms with Gasteiger partial charge in [0.15, 0.2) is 0 Å². The highest BCUT2D eigenvalue weighted by Crippen LogP contribution is 2.25. The summed E-state index contributed by atoms with van der Waals surface area (Å²) in [6.07, 6.45) is 0. The van der Waals surface area contributed by atoms with Crippen molar-refractivity contribution < 1.29 is 27.1 Å². The zero-order valence-corrected chi connectivity index (χ0v) is 15.3. The van der Waals surface area contributed by atoms with Crippen molar-refractivity contribution in [1.82, 2.24) is 4.72 Å². The standard InChI is InChI=1S/C17H19FN2O5S/c1-11(17(21)19-13-6-4-5-7-14(13)24-2)20-26(22,23)16-10-12(18)8-9-15(16)25-3/h4-11,20H,1-3H3,(H,19,21). The van der Waals surface area contributed by atoms with E-state index in [0.29, 0.717) is 11.4 Å². The summed E-state index contributed by atoms with van der Waals surface area (Å²) >= 11 is 0. The smallest absolute Gasteiger partial charge is 0.245 e. The third kappa shape index (κ3) is 4.50. The molecule has 0 aliphatic rings. The van der Waals surface area contributed by atoms with E-state index in [1.165, 1.54) is 27.2 Å². The van der Waals surface area contributed by atoms with Crippen LogP contribution < -0.4 is 19.5 Å². The van der Waals surface area contributed by atoms with Crippen molar-refractivity contribution >= 4 is 21.6 Å². The van der Waals surface area contributed by atoms with Crippen LogP contribution in [0.25, 0.3) is 0 Å². The molecule has 1 atom stereocenters. The van der Waals surface area contributed by atoms with Crippen LogP contribution in [0, 0.1) is 5.82 Å². The second-order valence-corrected chi connectivity index (χ2v) is 7.01. The largest absolute Gasteiger partial charge is 0.495 e. The minimum Gasteiger partial charge on any atom is -0.495 e. The number of carbonyl (C=O) groups is 1. The molecule has 0 aliphatic carbocycles. The molecule has 7 nitrogen and oxygen atoms in total. The second kappa shape index (κ2) is 8.15. The van der Waals surface area contributed by atoms with Crippen LogP contribution in [0.5, 0.6) is 11.5 Å². The summed E-state index contributed by atoms with van der Waals surface area (Å²) in [5.41, 5.74) is 0.398. The van der Waals surface area contributed by atoms with Gasteiger partial charge in [0.25, 0.3) is 0 Å². The van der Waals surface area contributed by atoms with Gasteiger partial charge in [-0.15, -0.1) is 0 Å². The Morgan fingerprint density at radius 1 is 1.08 bits per heavy atom. The summed E-state index contributed by atoms with van der Waals surface area (Å²) in [6.45, 7) is 1.37. The monoisotopic (exact) mass is 382 g/mol. The Bertz CT molecular complexity index is 902. The van der Waals surface area contributed by atoms with Crippen molar-refractivity contribution in [1.29, 1.82) is 0 Å². The molecule has 0 radical (unpaired) electrons. The van der Waals surface area contributed by atoms with Crippen LogP contribution >= 0.6 is 0 Å². The maximum atomic E-state index is 13.4. The van der Waals surface area contributed by atoms with E-state index in [2.05, 4.69) is 10.0 Å². The maximum absolute atomic E-state index is 13.4. The van der Waals surface area contributed by atoms with Crippen molar-refractivity contribution in [3.8, 4) is 11.5 Å². The third-order valence-corrected chi connectivity index (χ3v) is 5.07. The Morgan fingerprint density at radius 2 is 1.73 bits per heavy atom. The Labute approximate surface area is 151 Å². The van der Waals surface area contributed by atoms with Crippen LogP contribution in [0.2, 0.25) is 0 Å². The van der Waals surface area contributed by atoms with Gasteiger partial charge in [0, 0.05) is 0 Å². The third-order valence-electron chi connectivity index (χ3n) is 3.51. The lowest BCUT2D eigenvalue weighted by Crippen LogP contribution is -2.41. The predicted octanol–water partition coefficient (Wildman–Crippen LogP) is 2.15. The van der Waals surface area contributed by atoms with E-state index in [9.17, 15) is 17.6 Å². The first-order chi connectivity index (χ1) is 12.3. The zero-order valence-electron chi connectivity index (χ0n) is 14.4. The molecule has 0 fully saturated rings. The fraction of sp³-hybridized carbons (Fsp3) is 0.235. The average Bonchev–Trinajstić information content (AvgIpc) is 2.61. The van der Waals surface area contributed by atoms with E-state index in [-0.39, 0.29) is 5.75 Å². The Hall–Kier alpha value is -2.65. The van der Waals surface area contributed by atoms with Gasteiger partial charge in [0.1, 0.15) is 22.2 Å². The maximum Gasteiger partial charge on any atom is 0.245 e. The first-order valence-electron chi connectivity index (χ1n) is 7.58. The van der Waals surface area contributed by atoms with Crippen LogP contribution in [-0.2, 0) is 14.8 Å². The Balaban J connectivity index is 2.19. The highest BCUT2D eigenvalue weighted by Gasteiger charge is 2.26. The average molecular weight is 382 g/mol. The fourth-order valence-corrected chi connectivity index (χ4v) is 3.58. The molecular formula is C17H19FN2O5S. The van der Waals surface area contributed by atoms with Gasteiger partial charge in [-0.3, -0.25) is 4.79 Å². The highest BCUT2D eigenvalue weighted by atomic mass is 32.2. The fourth-order valence-electron chi connectivity index (χ4n) is 2.20. The first kappa shape index (κ1) is 19.7. The van der Waals surface area contributed by atoms with Crippen LogP contribution in [-0.4, -0.2) is 34.6 Å². The van der Waals surface area contributed by atoms with E-state index < -0.39 is 32.7 Å². The van der Waals surface area contributed by atoms with Crippen molar-refractivity contribution in [2.45, 2.75) is 17.9 Å². The molecule has 1 amide bonds. The molecule has 140 valence electrons. The molecule has 9 heteroatoms. The summed E-state index contributed by atoms with van der Waals surface area (Å²) in [7, 11) is -1.47. The predicted molar refractivity (Wildman–Crippen MR) is 94.4 cm³/mol. The number of rotatable bonds is 7. The molecule has 0 aliphatic heterocycles. The number of para-hydroxylation sites is 2. The number of carbonyl (C=O) groups excluding carboxylic acids is 1. The van der Waals surface area contributed by atoms with Gasteiger partial charge in [-0.25, -0.2) is 12.8 Å². The van der Waals surface area contributed by atoms with E-state index in [1.807, 2.05) is 0 Å². The van der Waals surface area contributed by atoms with Gasteiger partial charge in [0.05, 0.1) is 25.9 Å². The first-order valence-corrected chi connectivity index (χ1v) is 9.06. The van der Waals surface area contributed by atoms with Crippen molar-refractivity contribution in [2.24, 2.45) is 0 Å². The lowest BCUT2D eigenvalue weighted by molar-refractivity contribution is -0.117. The lowest BCUT2D eigenvalue weighted by atomic mass is 10.2. The summed E-state index contributed by atoms with van der Waals surface area (Å²) in [5, 5.41) is 2.58. The van der Waals surface area contributed by atoms with E-state index in [0.717, 1.165) is 12.1 Å². The molecule has 0 saturated heterocycles. The molecule has 26 heavy (non-hydrogen) atoms. The molecule has 2 rings (SSSR count). The number of amides is 1. The van der Waals surface area contributed by atoms with E-state index in [1.54, 1.807) is 24.3 Å². The molecule has 2 N–H and O–H groups in total. The normalized spacial score (nSPS) is 12.3. The number of hydrogen-bond acceptors (Lipinski definition) is 5. The molecule has 2 aromatic rings. The minimum atomic E-state index is -4.18. The Kier molecular flexibility index (Phi) is 6.17. The summed E-state index contributed by atoms with van der Waals surface area (Å²) in [6, 6.07) is 8.68. The van der Waals surface area contributed by atoms with Crippen LogP contribution in [0.3, 0.4) is 0 Å². The molecule has 1 unspecified atom stereocenters. The van der Waals surface area contributed by atoms with Gasteiger partial charge in [-0.05, 0) is 37.3 Å². The van der Waals surface area contributed by atoms with Gasteiger partial charge >= 0.3 is 0 Å². The number of methoxy groups -OCH3 is 2. The summed E-state index contributed by atoms with van der Waals surface area (Å²) in [4.78, 5) is 11.9. The Morgan fingerprint density at radius 3 is 2.38 bits per heavy atom. The lowest BCUT2D eigenvalue weighted by Gasteiger charge is -2.17. The second-order valence-electron chi connectivity index (χ2n) is 5.33. The minimum absolute atomic E-state index is 0.0313. The molecule has 0 bridgehead atoms. The zero-order chi connectivity index (χ0) is 19.3. The van der Waals surface area contributed by atoms with Crippen LogP contribution in [0.15, 0.2) is 47.4 Å². The number of ether oxygens (including phenoxy) is 2. The molecule has 0 spiro atoms. The van der Waals surface area contributed by atoms with Gasteiger partial charge in [0.2, 0.25) is 15.9 Å². The molecular weight excluding hydrogens is 363 g/mol.